The van der Waals surface area contributed by atoms with Crippen LogP contribution in [0.2, 0.25) is 0 Å². The number of aromatic nitrogens is 1. The van der Waals surface area contributed by atoms with Crippen molar-refractivity contribution in [1.29, 1.82) is 0 Å². The lowest BCUT2D eigenvalue weighted by Crippen LogP contribution is -2.24. The van der Waals surface area contributed by atoms with E-state index in [4.69, 9.17) is 14.2 Å². The molecule has 0 aliphatic carbocycles. The Morgan fingerprint density at radius 2 is 2.10 bits per heavy atom. The molecule has 20 heavy (non-hydrogen) atoms. The molecule has 1 saturated heterocycles. The molecule has 1 atom stereocenters. The van der Waals surface area contributed by atoms with Gasteiger partial charge in [0.05, 0.1) is 6.61 Å². The summed E-state index contributed by atoms with van der Waals surface area (Å²) in [5.74, 6) is -0.0620. The molecule has 0 unspecified atom stereocenters. The summed E-state index contributed by atoms with van der Waals surface area (Å²) in [6, 6.07) is 3.54. The lowest BCUT2D eigenvalue weighted by atomic mass is 10.2. The Labute approximate surface area is 114 Å². The standard InChI is InChI=1S/C13H16F3NO3/c14-13(15,16)10-4-3-5-11(17-10)18-8-9-20-12-6-1-2-7-19-12/h3-5,12H,1-2,6-9H2/t12-/m1/s1. The van der Waals surface area contributed by atoms with Crippen LogP contribution in [0.3, 0.4) is 0 Å². The van der Waals surface area contributed by atoms with E-state index in [1.807, 2.05) is 0 Å². The average molecular weight is 291 g/mol. The van der Waals surface area contributed by atoms with Gasteiger partial charge in [-0.25, -0.2) is 4.98 Å². The first-order valence-electron chi connectivity index (χ1n) is 6.46. The second kappa shape index (κ2) is 6.90. The van der Waals surface area contributed by atoms with Crippen molar-refractivity contribution in [2.75, 3.05) is 19.8 Å². The van der Waals surface area contributed by atoms with E-state index in [0.29, 0.717) is 6.61 Å². The van der Waals surface area contributed by atoms with Crippen LogP contribution in [-0.2, 0) is 15.7 Å². The van der Waals surface area contributed by atoms with Crippen LogP contribution in [-0.4, -0.2) is 31.1 Å². The minimum absolute atomic E-state index is 0.0620. The molecule has 1 fully saturated rings. The summed E-state index contributed by atoms with van der Waals surface area (Å²) in [5.41, 5.74) is -0.966. The van der Waals surface area contributed by atoms with E-state index in [1.165, 1.54) is 12.1 Å². The highest BCUT2D eigenvalue weighted by atomic mass is 19.4. The van der Waals surface area contributed by atoms with Crippen LogP contribution in [0.1, 0.15) is 25.0 Å². The first-order chi connectivity index (χ1) is 9.55. The second-order valence-electron chi connectivity index (χ2n) is 4.37. The van der Waals surface area contributed by atoms with E-state index >= 15 is 0 Å². The third-order valence-electron chi connectivity index (χ3n) is 2.79. The molecule has 1 aliphatic heterocycles. The highest BCUT2D eigenvalue weighted by Crippen LogP contribution is 2.28. The van der Waals surface area contributed by atoms with Crippen LogP contribution in [0.25, 0.3) is 0 Å². The van der Waals surface area contributed by atoms with Gasteiger partial charge in [0.25, 0.3) is 0 Å². The summed E-state index contributed by atoms with van der Waals surface area (Å²) >= 11 is 0. The predicted molar refractivity (Wildman–Crippen MR) is 64.3 cm³/mol. The molecular weight excluding hydrogens is 275 g/mol. The minimum atomic E-state index is -4.47. The second-order valence-corrected chi connectivity index (χ2v) is 4.37. The van der Waals surface area contributed by atoms with E-state index in [1.54, 1.807) is 0 Å². The fraction of sp³-hybridized carbons (Fsp3) is 0.615. The van der Waals surface area contributed by atoms with Crippen molar-refractivity contribution in [2.24, 2.45) is 0 Å². The number of nitrogens with zero attached hydrogens (tertiary/aromatic N) is 1. The zero-order chi connectivity index (χ0) is 14.4. The summed E-state index contributed by atoms with van der Waals surface area (Å²) in [4.78, 5) is 3.39. The number of rotatable bonds is 5. The predicted octanol–water partition coefficient (Wildman–Crippen LogP) is 3.02. The lowest BCUT2D eigenvalue weighted by Gasteiger charge is -2.22. The Balaban J connectivity index is 1.73. The highest BCUT2D eigenvalue weighted by Gasteiger charge is 2.32. The zero-order valence-corrected chi connectivity index (χ0v) is 10.9. The topological polar surface area (TPSA) is 40.6 Å². The number of alkyl halides is 3. The molecule has 0 bridgehead atoms. The Bertz CT molecular complexity index is 420. The summed E-state index contributed by atoms with van der Waals surface area (Å²) in [7, 11) is 0. The van der Waals surface area contributed by atoms with Crippen molar-refractivity contribution in [3.8, 4) is 5.88 Å². The van der Waals surface area contributed by atoms with Crippen molar-refractivity contribution in [2.45, 2.75) is 31.7 Å². The number of halogens is 3. The van der Waals surface area contributed by atoms with Gasteiger partial charge in [-0.2, -0.15) is 13.2 Å². The third-order valence-corrected chi connectivity index (χ3v) is 2.79. The van der Waals surface area contributed by atoms with Gasteiger partial charge in [0.1, 0.15) is 12.3 Å². The van der Waals surface area contributed by atoms with Crippen LogP contribution in [0.4, 0.5) is 13.2 Å². The van der Waals surface area contributed by atoms with Crippen molar-refractivity contribution in [3.05, 3.63) is 23.9 Å². The molecule has 7 heteroatoms. The fourth-order valence-corrected chi connectivity index (χ4v) is 1.82. The fourth-order valence-electron chi connectivity index (χ4n) is 1.82. The van der Waals surface area contributed by atoms with E-state index in [-0.39, 0.29) is 25.4 Å². The largest absolute Gasteiger partial charge is 0.475 e. The first kappa shape index (κ1) is 15.1. The van der Waals surface area contributed by atoms with Crippen LogP contribution < -0.4 is 4.74 Å². The SMILES string of the molecule is FC(F)(F)c1cccc(OCCO[C@@H]2CCCCO2)n1. The number of ether oxygens (including phenoxy) is 3. The maximum Gasteiger partial charge on any atom is 0.433 e. The van der Waals surface area contributed by atoms with E-state index in [2.05, 4.69) is 4.98 Å². The lowest BCUT2D eigenvalue weighted by molar-refractivity contribution is -0.165. The Morgan fingerprint density at radius 3 is 2.80 bits per heavy atom. The number of hydrogen-bond acceptors (Lipinski definition) is 4. The monoisotopic (exact) mass is 291 g/mol. The van der Waals surface area contributed by atoms with Gasteiger partial charge in [-0.15, -0.1) is 0 Å². The van der Waals surface area contributed by atoms with Crippen LogP contribution in [0, 0.1) is 0 Å². The first-order valence-corrected chi connectivity index (χ1v) is 6.46. The number of hydrogen-bond donors (Lipinski definition) is 0. The smallest absolute Gasteiger partial charge is 0.433 e. The zero-order valence-electron chi connectivity index (χ0n) is 10.9. The molecule has 0 amide bonds. The van der Waals surface area contributed by atoms with Gasteiger partial charge in [-0.1, -0.05) is 6.07 Å². The minimum Gasteiger partial charge on any atom is -0.475 e. The number of pyridine rings is 1. The van der Waals surface area contributed by atoms with Gasteiger partial charge in [0.2, 0.25) is 5.88 Å². The molecule has 2 rings (SSSR count). The van der Waals surface area contributed by atoms with Gasteiger partial charge in [0.15, 0.2) is 6.29 Å². The maximum atomic E-state index is 12.4. The summed E-state index contributed by atoms with van der Waals surface area (Å²) in [6.07, 6.45) is -1.78. The molecule has 112 valence electrons. The summed E-state index contributed by atoms with van der Waals surface area (Å²) in [5, 5.41) is 0. The normalized spacial score (nSPS) is 19.9. The van der Waals surface area contributed by atoms with Crippen molar-refractivity contribution >= 4 is 0 Å². The molecule has 0 N–H and O–H groups in total. The highest BCUT2D eigenvalue weighted by molar-refractivity contribution is 5.17. The molecule has 0 radical (unpaired) electrons. The summed E-state index contributed by atoms with van der Waals surface area (Å²) < 4.78 is 53.2. The van der Waals surface area contributed by atoms with Gasteiger partial charge in [0, 0.05) is 12.7 Å². The third kappa shape index (κ3) is 4.64. The van der Waals surface area contributed by atoms with Crippen LogP contribution in [0.5, 0.6) is 5.88 Å². The molecule has 1 aromatic rings. The molecule has 1 aliphatic rings. The van der Waals surface area contributed by atoms with Gasteiger partial charge in [-0.05, 0) is 25.3 Å². The van der Waals surface area contributed by atoms with E-state index in [9.17, 15) is 13.2 Å². The van der Waals surface area contributed by atoms with E-state index in [0.717, 1.165) is 25.3 Å². The van der Waals surface area contributed by atoms with Crippen molar-refractivity contribution < 1.29 is 27.4 Å². The molecule has 1 aromatic heterocycles. The van der Waals surface area contributed by atoms with E-state index < -0.39 is 11.9 Å². The average Bonchev–Trinajstić information content (AvgIpc) is 2.44. The Kier molecular flexibility index (Phi) is 5.19. The van der Waals surface area contributed by atoms with Crippen LogP contribution >= 0.6 is 0 Å². The Morgan fingerprint density at radius 1 is 1.25 bits per heavy atom. The van der Waals surface area contributed by atoms with Gasteiger partial charge < -0.3 is 14.2 Å². The quantitative estimate of drug-likeness (QED) is 0.782. The van der Waals surface area contributed by atoms with Gasteiger partial charge >= 0.3 is 6.18 Å². The molecule has 4 nitrogen and oxygen atoms in total. The maximum absolute atomic E-state index is 12.4. The van der Waals surface area contributed by atoms with Crippen LogP contribution in [0.15, 0.2) is 18.2 Å². The Hall–Kier alpha value is -1.34. The molecular formula is C13H16F3NO3. The molecule has 2 heterocycles. The van der Waals surface area contributed by atoms with Crippen molar-refractivity contribution in [3.63, 3.8) is 0 Å². The molecule has 0 aromatic carbocycles. The molecule has 0 spiro atoms. The summed E-state index contributed by atoms with van der Waals surface area (Å²) in [6.45, 7) is 1.07. The molecule has 0 saturated carbocycles. The van der Waals surface area contributed by atoms with Crippen molar-refractivity contribution in [1.82, 2.24) is 4.98 Å². The van der Waals surface area contributed by atoms with Gasteiger partial charge in [-0.3, -0.25) is 0 Å².